The summed E-state index contributed by atoms with van der Waals surface area (Å²) in [7, 11) is -2.15. The van der Waals surface area contributed by atoms with Gasteiger partial charge in [-0.15, -0.1) is 0 Å². The van der Waals surface area contributed by atoms with Crippen LogP contribution in [0.2, 0.25) is 0 Å². The van der Waals surface area contributed by atoms with E-state index in [0.717, 1.165) is 25.2 Å². The largest absolute Gasteiger partial charge is 0.307 e. The molecule has 0 bridgehead atoms. The molecule has 0 fully saturated rings. The lowest BCUT2D eigenvalue weighted by Crippen LogP contribution is -2.16. The number of hydrogen-bond acceptors (Lipinski definition) is 2. The lowest BCUT2D eigenvalue weighted by Gasteiger charge is -2.17. The van der Waals surface area contributed by atoms with Crippen LogP contribution in [-0.4, -0.2) is 18.9 Å². The molecule has 0 aromatic rings. The number of nitriles is 1. The molecule has 0 atom stereocenters. The van der Waals surface area contributed by atoms with E-state index >= 15 is 0 Å². The Bertz CT molecular complexity index is 200. The normalized spacial score (nSPS) is 11.2. The topological polar surface area (TPSA) is 52.9 Å². The summed E-state index contributed by atoms with van der Waals surface area (Å²) >= 11 is 0. The van der Waals surface area contributed by atoms with Crippen LogP contribution >= 0.6 is 7.29 Å². The van der Waals surface area contributed by atoms with Crippen LogP contribution in [0.4, 0.5) is 0 Å². The minimum atomic E-state index is -2.15. The van der Waals surface area contributed by atoms with Gasteiger partial charge in [0.15, 0.2) is 0 Å². The first kappa shape index (κ1) is 12.7. The first-order chi connectivity index (χ1) is 6.18. The summed E-state index contributed by atoms with van der Waals surface area (Å²) in [5.41, 5.74) is 0. The molecular formula is C9H19N2OP. The van der Waals surface area contributed by atoms with Gasteiger partial charge in [0.05, 0.1) is 6.07 Å². The number of nitrogens with zero attached hydrogens (tertiary/aromatic N) is 1. The molecule has 0 saturated carbocycles. The third-order valence-corrected chi connectivity index (χ3v) is 4.95. The number of hydrogen-bond donors (Lipinski definition) is 1. The second-order valence-electron chi connectivity index (χ2n) is 3.15. The molecule has 0 rings (SSSR count). The Balaban J connectivity index is 3.93. The van der Waals surface area contributed by atoms with Crippen molar-refractivity contribution in [2.75, 3.05) is 18.9 Å². The molecule has 0 aliphatic carbocycles. The molecule has 0 radical (unpaired) electrons. The molecule has 0 saturated heterocycles. The van der Waals surface area contributed by atoms with E-state index < -0.39 is 7.29 Å². The van der Waals surface area contributed by atoms with Gasteiger partial charge in [-0.3, -0.25) is 5.09 Å². The van der Waals surface area contributed by atoms with Crippen LogP contribution < -0.4 is 5.09 Å². The molecule has 0 aliphatic heterocycles. The summed E-state index contributed by atoms with van der Waals surface area (Å²) in [6.07, 6.45) is 3.84. The van der Waals surface area contributed by atoms with Crippen LogP contribution in [0.3, 0.4) is 0 Å². The van der Waals surface area contributed by atoms with Crippen molar-refractivity contribution in [2.24, 2.45) is 0 Å². The average Bonchev–Trinajstić information content (AvgIpc) is 2.05. The Labute approximate surface area is 80.9 Å². The summed E-state index contributed by atoms with van der Waals surface area (Å²) < 4.78 is 12.1. The van der Waals surface area contributed by atoms with Gasteiger partial charge in [-0.1, -0.05) is 13.8 Å². The van der Waals surface area contributed by atoms with E-state index in [4.69, 9.17) is 5.26 Å². The predicted octanol–water partition coefficient (Wildman–Crippen LogP) is 2.59. The summed E-state index contributed by atoms with van der Waals surface area (Å²) in [5.74, 6) is 0. The van der Waals surface area contributed by atoms with Crippen LogP contribution in [0, 0.1) is 11.3 Å². The molecular weight excluding hydrogens is 183 g/mol. The Morgan fingerprint density at radius 2 is 1.85 bits per heavy atom. The SMILES string of the molecule is CCCP(=O)(CCC)NCCC#N. The van der Waals surface area contributed by atoms with Gasteiger partial charge in [0, 0.05) is 25.3 Å². The number of rotatable bonds is 7. The van der Waals surface area contributed by atoms with Crippen molar-refractivity contribution < 1.29 is 4.57 Å². The highest BCUT2D eigenvalue weighted by Gasteiger charge is 2.17. The van der Waals surface area contributed by atoms with Crippen molar-refractivity contribution >= 4 is 7.29 Å². The minimum Gasteiger partial charge on any atom is -0.307 e. The van der Waals surface area contributed by atoms with Crippen molar-refractivity contribution in [1.29, 1.82) is 5.26 Å². The van der Waals surface area contributed by atoms with Crippen LogP contribution in [0.1, 0.15) is 33.1 Å². The smallest absolute Gasteiger partial charge is 0.147 e. The molecule has 4 heteroatoms. The van der Waals surface area contributed by atoms with E-state index in [1.54, 1.807) is 0 Å². The van der Waals surface area contributed by atoms with Crippen LogP contribution in [-0.2, 0) is 4.57 Å². The summed E-state index contributed by atoms with van der Waals surface area (Å²) in [5, 5.41) is 11.4. The molecule has 0 amide bonds. The van der Waals surface area contributed by atoms with Gasteiger partial charge in [-0.05, 0) is 12.8 Å². The highest BCUT2D eigenvalue weighted by molar-refractivity contribution is 7.61. The molecule has 0 aliphatic rings. The van der Waals surface area contributed by atoms with E-state index in [1.807, 2.05) is 19.9 Å². The summed E-state index contributed by atoms with van der Waals surface area (Å²) in [4.78, 5) is 0. The zero-order chi connectivity index (χ0) is 10.2. The fourth-order valence-electron chi connectivity index (χ4n) is 1.31. The van der Waals surface area contributed by atoms with Crippen LogP contribution in [0.25, 0.3) is 0 Å². The third kappa shape index (κ3) is 5.85. The van der Waals surface area contributed by atoms with Gasteiger partial charge in [0.2, 0.25) is 0 Å². The maximum absolute atomic E-state index is 12.1. The molecule has 0 aromatic carbocycles. The number of nitrogens with one attached hydrogen (secondary N) is 1. The van der Waals surface area contributed by atoms with Crippen LogP contribution in [0.15, 0.2) is 0 Å². The molecule has 0 heterocycles. The van der Waals surface area contributed by atoms with E-state index in [-0.39, 0.29) is 0 Å². The van der Waals surface area contributed by atoms with Gasteiger partial charge in [0.25, 0.3) is 0 Å². The van der Waals surface area contributed by atoms with Gasteiger partial charge < -0.3 is 4.57 Å². The highest BCUT2D eigenvalue weighted by Crippen LogP contribution is 2.41. The van der Waals surface area contributed by atoms with Crippen molar-refractivity contribution in [3.8, 4) is 6.07 Å². The molecule has 3 nitrogen and oxygen atoms in total. The maximum atomic E-state index is 12.1. The molecule has 1 N–H and O–H groups in total. The predicted molar refractivity (Wildman–Crippen MR) is 56.2 cm³/mol. The molecule has 0 aromatic heterocycles. The Morgan fingerprint density at radius 3 is 2.23 bits per heavy atom. The zero-order valence-corrected chi connectivity index (χ0v) is 9.44. The first-order valence-corrected chi connectivity index (χ1v) is 6.96. The fourth-order valence-corrected chi connectivity index (χ4v) is 3.81. The van der Waals surface area contributed by atoms with Crippen molar-refractivity contribution in [1.82, 2.24) is 5.09 Å². The minimum absolute atomic E-state index is 0.442. The van der Waals surface area contributed by atoms with Gasteiger partial charge >= 0.3 is 0 Å². The van der Waals surface area contributed by atoms with Crippen molar-refractivity contribution in [2.45, 2.75) is 33.1 Å². The van der Waals surface area contributed by atoms with Crippen molar-refractivity contribution in [3.63, 3.8) is 0 Å². The quantitative estimate of drug-likeness (QED) is 0.510. The summed E-state index contributed by atoms with van der Waals surface area (Å²) in [6.45, 7) is 4.64. The Hall–Kier alpha value is -0.320. The molecule has 0 spiro atoms. The Morgan fingerprint density at radius 1 is 1.31 bits per heavy atom. The lowest BCUT2D eigenvalue weighted by atomic mass is 10.5. The fraction of sp³-hybridized carbons (Fsp3) is 0.889. The van der Waals surface area contributed by atoms with E-state index in [9.17, 15) is 4.57 Å². The second-order valence-corrected chi connectivity index (χ2v) is 6.14. The Kier molecular flexibility index (Phi) is 6.94. The third-order valence-electron chi connectivity index (χ3n) is 1.81. The molecule has 13 heavy (non-hydrogen) atoms. The standard InChI is InChI=1S/C9H19N2OP/c1-3-8-13(12,9-4-2)11-7-5-6-10/h3-5,7-9H2,1-2H3,(H,11,12). The maximum Gasteiger partial charge on any atom is 0.147 e. The zero-order valence-electron chi connectivity index (χ0n) is 8.55. The van der Waals surface area contributed by atoms with Crippen LogP contribution in [0.5, 0.6) is 0 Å². The molecule has 0 unspecified atom stereocenters. The average molecular weight is 202 g/mol. The monoisotopic (exact) mass is 202 g/mol. The highest BCUT2D eigenvalue weighted by atomic mass is 31.2. The van der Waals surface area contributed by atoms with Gasteiger partial charge in [-0.25, -0.2) is 0 Å². The lowest BCUT2D eigenvalue weighted by molar-refractivity contribution is 0.562. The summed E-state index contributed by atoms with van der Waals surface area (Å²) in [6, 6.07) is 2.04. The first-order valence-electron chi connectivity index (χ1n) is 4.88. The van der Waals surface area contributed by atoms with Gasteiger partial charge in [-0.2, -0.15) is 5.26 Å². The van der Waals surface area contributed by atoms with E-state index in [2.05, 4.69) is 5.09 Å². The van der Waals surface area contributed by atoms with E-state index in [0.29, 0.717) is 13.0 Å². The van der Waals surface area contributed by atoms with Gasteiger partial charge in [0.1, 0.15) is 7.29 Å². The van der Waals surface area contributed by atoms with E-state index in [1.165, 1.54) is 0 Å². The van der Waals surface area contributed by atoms with Crippen molar-refractivity contribution in [3.05, 3.63) is 0 Å². The second kappa shape index (κ2) is 7.12. The molecule has 76 valence electrons.